The Hall–Kier alpha value is -1.08. The first kappa shape index (κ1) is 12.4. The van der Waals surface area contributed by atoms with Crippen LogP contribution < -0.4 is 10.5 Å². The van der Waals surface area contributed by atoms with Crippen LogP contribution in [0.4, 0.5) is 5.82 Å². The van der Waals surface area contributed by atoms with Crippen molar-refractivity contribution in [3.05, 3.63) is 6.20 Å². The summed E-state index contributed by atoms with van der Waals surface area (Å²) in [6.07, 6.45) is 2.56. The molecule has 3 N–H and O–H groups in total. The minimum Gasteiger partial charge on any atom is -0.381 e. The van der Waals surface area contributed by atoms with Crippen molar-refractivity contribution in [2.75, 3.05) is 12.3 Å². The van der Waals surface area contributed by atoms with E-state index in [2.05, 4.69) is 16.7 Å². The summed E-state index contributed by atoms with van der Waals surface area (Å²) in [4.78, 5) is 0.0765. The van der Waals surface area contributed by atoms with Crippen LogP contribution in [0.2, 0.25) is 0 Å². The average molecular weight is 258 g/mol. The fourth-order valence-electron chi connectivity index (χ4n) is 1.77. The van der Waals surface area contributed by atoms with Gasteiger partial charge in [-0.2, -0.15) is 5.10 Å². The Balaban J connectivity index is 2.10. The molecule has 1 aliphatic rings. The van der Waals surface area contributed by atoms with E-state index in [-0.39, 0.29) is 10.7 Å². The molecule has 0 radical (unpaired) electrons. The van der Waals surface area contributed by atoms with Crippen LogP contribution in [0.25, 0.3) is 0 Å². The molecule has 0 aromatic carbocycles. The molecule has 96 valence electrons. The van der Waals surface area contributed by atoms with E-state index in [9.17, 15) is 8.42 Å². The Kier molecular flexibility index (Phi) is 3.13. The van der Waals surface area contributed by atoms with Crippen LogP contribution >= 0.6 is 0 Å². The van der Waals surface area contributed by atoms with Gasteiger partial charge in [-0.3, -0.25) is 4.68 Å². The summed E-state index contributed by atoms with van der Waals surface area (Å²) >= 11 is 0. The molecular weight excluding hydrogens is 240 g/mol. The van der Waals surface area contributed by atoms with Crippen molar-refractivity contribution < 1.29 is 8.42 Å². The minimum absolute atomic E-state index is 0.0585. The second-order valence-electron chi connectivity index (χ2n) is 4.56. The highest BCUT2D eigenvalue weighted by atomic mass is 32.2. The number of nitrogens with two attached hydrogens (primary N) is 1. The second-order valence-corrected chi connectivity index (χ2v) is 6.29. The van der Waals surface area contributed by atoms with E-state index in [1.54, 1.807) is 0 Å². The van der Waals surface area contributed by atoms with Crippen LogP contribution in [0, 0.1) is 11.8 Å². The lowest BCUT2D eigenvalue weighted by Crippen LogP contribution is -2.26. The van der Waals surface area contributed by atoms with E-state index < -0.39 is 10.0 Å². The van der Waals surface area contributed by atoms with Crippen LogP contribution in [-0.4, -0.2) is 24.7 Å². The SMILES string of the molecule is CCn1cc(S(=O)(=O)NCC2CC2C)c(N)n1. The highest BCUT2D eigenvalue weighted by Crippen LogP contribution is 2.37. The zero-order valence-corrected chi connectivity index (χ0v) is 10.9. The second kappa shape index (κ2) is 4.30. The molecule has 6 nitrogen and oxygen atoms in total. The first-order valence-electron chi connectivity index (χ1n) is 5.76. The van der Waals surface area contributed by atoms with Gasteiger partial charge in [-0.15, -0.1) is 0 Å². The lowest BCUT2D eigenvalue weighted by molar-refractivity contribution is 0.574. The summed E-state index contributed by atoms with van der Waals surface area (Å²) in [5.41, 5.74) is 5.60. The van der Waals surface area contributed by atoms with Gasteiger partial charge in [-0.25, -0.2) is 13.1 Å². The smallest absolute Gasteiger partial charge is 0.245 e. The van der Waals surface area contributed by atoms with Gasteiger partial charge in [-0.05, 0) is 25.2 Å². The number of hydrogen-bond donors (Lipinski definition) is 2. The molecule has 0 amide bonds. The lowest BCUT2D eigenvalue weighted by atomic mass is 10.3. The van der Waals surface area contributed by atoms with E-state index in [4.69, 9.17) is 5.73 Å². The third kappa shape index (κ3) is 2.61. The molecule has 2 rings (SSSR count). The van der Waals surface area contributed by atoms with Crippen molar-refractivity contribution in [3.63, 3.8) is 0 Å². The van der Waals surface area contributed by atoms with E-state index in [1.165, 1.54) is 10.9 Å². The first-order chi connectivity index (χ1) is 7.94. The molecule has 2 unspecified atom stereocenters. The molecule has 7 heteroatoms. The molecule has 0 spiro atoms. The van der Waals surface area contributed by atoms with Gasteiger partial charge in [0, 0.05) is 19.3 Å². The van der Waals surface area contributed by atoms with E-state index in [0.717, 1.165) is 6.42 Å². The van der Waals surface area contributed by atoms with Crippen molar-refractivity contribution >= 4 is 15.8 Å². The van der Waals surface area contributed by atoms with Gasteiger partial charge in [0.25, 0.3) is 0 Å². The van der Waals surface area contributed by atoms with Crippen molar-refractivity contribution in [2.45, 2.75) is 31.7 Å². The molecule has 0 aliphatic heterocycles. The number of nitrogens with one attached hydrogen (secondary N) is 1. The number of nitrogens with zero attached hydrogens (tertiary/aromatic N) is 2. The molecule has 17 heavy (non-hydrogen) atoms. The summed E-state index contributed by atoms with van der Waals surface area (Å²) in [5.74, 6) is 1.14. The van der Waals surface area contributed by atoms with Crippen molar-refractivity contribution in [2.24, 2.45) is 11.8 Å². The number of aromatic nitrogens is 2. The van der Waals surface area contributed by atoms with Crippen LogP contribution in [0.5, 0.6) is 0 Å². The molecule has 0 bridgehead atoms. The van der Waals surface area contributed by atoms with Gasteiger partial charge in [0.05, 0.1) is 0 Å². The van der Waals surface area contributed by atoms with Gasteiger partial charge in [0.1, 0.15) is 4.90 Å². The highest BCUT2D eigenvalue weighted by molar-refractivity contribution is 7.89. The summed E-state index contributed by atoms with van der Waals surface area (Å²) in [6.45, 7) is 5.07. The minimum atomic E-state index is -3.52. The summed E-state index contributed by atoms with van der Waals surface area (Å²) in [5, 5.41) is 3.93. The quantitative estimate of drug-likeness (QED) is 0.801. The Morgan fingerprint density at radius 2 is 2.29 bits per heavy atom. The van der Waals surface area contributed by atoms with E-state index in [1.807, 2.05) is 6.92 Å². The molecule has 2 atom stereocenters. The van der Waals surface area contributed by atoms with Crippen molar-refractivity contribution in [1.29, 1.82) is 0 Å². The Morgan fingerprint density at radius 1 is 1.65 bits per heavy atom. The first-order valence-corrected chi connectivity index (χ1v) is 7.25. The molecule has 1 saturated carbocycles. The maximum Gasteiger partial charge on any atom is 0.245 e. The Labute approximate surface area is 101 Å². The van der Waals surface area contributed by atoms with E-state index >= 15 is 0 Å². The normalized spacial score (nSPS) is 23.9. The third-order valence-corrected chi connectivity index (χ3v) is 4.62. The molecular formula is C10H18N4O2S. The molecule has 1 aromatic heterocycles. The molecule has 1 aromatic rings. The molecule has 0 saturated heterocycles. The number of aryl methyl sites for hydroxylation is 1. The van der Waals surface area contributed by atoms with Crippen LogP contribution in [0.3, 0.4) is 0 Å². The maximum atomic E-state index is 12.0. The summed E-state index contributed by atoms with van der Waals surface area (Å²) in [7, 11) is -3.52. The average Bonchev–Trinajstić information content (AvgIpc) is 2.82. The fraction of sp³-hybridized carbons (Fsp3) is 0.700. The highest BCUT2D eigenvalue weighted by Gasteiger charge is 2.34. The zero-order valence-electron chi connectivity index (χ0n) is 10.0. The largest absolute Gasteiger partial charge is 0.381 e. The van der Waals surface area contributed by atoms with Crippen LogP contribution in [0.15, 0.2) is 11.1 Å². The fourth-order valence-corrected chi connectivity index (χ4v) is 2.93. The number of sulfonamides is 1. The maximum absolute atomic E-state index is 12.0. The monoisotopic (exact) mass is 258 g/mol. The number of rotatable bonds is 5. The van der Waals surface area contributed by atoms with Gasteiger partial charge < -0.3 is 5.73 Å². The molecule has 1 fully saturated rings. The lowest BCUT2D eigenvalue weighted by Gasteiger charge is -2.04. The van der Waals surface area contributed by atoms with E-state index in [0.29, 0.717) is 24.9 Å². The number of nitrogen functional groups attached to an aromatic ring is 1. The van der Waals surface area contributed by atoms with Gasteiger partial charge in [0.15, 0.2) is 5.82 Å². The van der Waals surface area contributed by atoms with Crippen LogP contribution in [0.1, 0.15) is 20.3 Å². The predicted molar refractivity (Wildman–Crippen MR) is 64.8 cm³/mol. The van der Waals surface area contributed by atoms with Crippen LogP contribution in [-0.2, 0) is 16.6 Å². The topological polar surface area (TPSA) is 90.0 Å². The standard InChI is InChI=1S/C10H18N4O2S/c1-3-14-6-9(10(11)13-14)17(15,16)12-5-8-4-7(8)2/h6-8,12H,3-5H2,1-2H3,(H2,11,13). The van der Waals surface area contributed by atoms with Gasteiger partial charge >= 0.3 is 0 Å². The Bertz CT molecular complexity index is 508. The third-order valence-electron chi connectivity index (χ3n) is 3.18. The number of hydrogen-bond acceptors (Lipinski definition) is 4. The van der Waals surface area contributed by atoms with Gasteiger partial charge in [0.2, 0.25) is 10.0 Å². The molecule has 1 aliphatic carbocycles. The summed E-state index contributed by atoms with van der Waals surface area (Å²) in [6, 6.07) is 0. The zero-order chi connectivity index (χ0) is 12.6. The Morgan fingerprint density at radius 3 is 2.76 bits per heavy atom. The van der Waals surface area contributed by atoms with Crippen molar-refractivity contribution in [1.82, 2.24) is 14.5 Å². The number of anilines is 1. The van der Waals surface area contributed by atoms with Gasteiger partial charge in [-0.1, -0.05) is 6.92 Å². The predicted octanol–water partition coefficient (Wildman–Crippen LogP) is 0.420. The summed E-state index contributed by atoms with van der Waals surface area (Å²) < 4.78 is 28.1. The molecule has 1 heterocycles. The van der Waals surface area contributed by atoms with Crippen molar-refractivity contribution in [3.8, 4) is 0 Å².